The number of piperidine rings is 1. The first kappa shape index (κ1) is 14.8. The molecule has 2 atom stereocenters. The van der Waals surface area contributed by atoms with E-state index in [0.717, 1.165) is 25.3 Å². The van der Waals surface area contributed by atoms with Crippen LogP contribution in [0.1, 0.15) is 59.3 Å². The van der Waals surface area contributed by atoms with Crippen molar-refractivity contribution in [2.45, 2.75) is 65.3 Å². The predicted molar refractivity (Wildman–Crippen MR) is 78.7 cm³/mol. The molecule has 2 fully saturated rings. The van der Waals surface area contributed by atoms with Crippen LogP contribution in [0, 0.1) is 17.3 Å². The molecule has 2 rings (SSSR count). The molecule has 3 nitrogen and oxygen atoms in total. The van der Waals surface area contributed by atoms with Crippen molar-refractivity contribution in [3.63, 3.8) is 0 Å². The smallest absolute Gasteiger partial charge is 0.221 e. The third-order valence-electron chi connectivity index (χ3n) is 5.36. The number of carbonyl (C=O) groups excluding carboxylic acids is 1. The van der Waals surface area contributed by atoms with Crippen LogP contribution in [0.5, 0.6) is 0 Å². The van der Waals surface area contributed by atoms with Gasteiger partial charge in [-0.1, -0.05) is 13.8 Å². The number of amides is 1. The lowest BCUT2D eigenvalue weighted by molar-refractivity contribution is -0.124. The Labute approximate surface area is 117 Å². The normalized spacial score (nSPS) is 33.2. The minimum Gasteiger partial charge on any atom is -0.369 e. The molecule has 1 heterocycles. The van der Waals surface area contributed by atoms with Gasteiger partial charge in [-0.3, -0.25) is 9.69 Å². The Balaban J connectivity index is 1.85. The molecular weight excluding hydrogens is 236 g/mol. The minimum absolute atomic E-state index is 0.0798. The van der Waals surface area contributed by atoms with Crippen molar-refractivity contribution in [2.24, 2.45) is 23.0 Å². The third kappa shape index (κ3) is 3.95. The van der Waals surface area contributed by atoms with Gasteiger partial charge in [0.1, 0.15) is 0 Å². The fourth-order valence-electron chi connectivity index (χ4n) is 3.64. The van der Waals surface area contributed by atoms with Crippen LogP contribution in [-0.2, 0) is 4.79 Å². The van der Waals surface area contributed by atoms with Gasteiger partial charge in [-0.15, -0.1) is 0 Å². The molecule has 3 heteroatoms. The fraction of sp³-hybridized carbons (Fsp3) is 0.938. The van der Waals surface area contributed by atoms with Gasteiger partial charge in [0.05, 0.1) is 5.92 Å². The standard InChI is InChI=1S/C16H30N2O/c1-12-4-5-14(15(17)19)11-18(12)10-13-6-8-16(2,3)9-7-13/h12-14H,4-11H2,1-3H3,(H2,17,19). The number of nitrogens with two attached hydrogens (primary N) is 1. The highest BCUT2D eigenvalue weighted by molar-refractivity contribution is 5.76. The van der Waals surface area contributed by atoms with Crippen molar-refractivity contribution in [1.82, 2.24) is 4.90 Å². The van der Waals surface area contributed by atoms with Gasteiger partial charge < -0.3 is 5.73 Å². The van der Waals surface area contributed by atoms with Crippen molar-refractivity contribution < 1.29 is 4.79 Å². The highest BCUT2D eigenvalue weighted by Gasteiger charge is 2.32. The summed E-state index contributed by atoms with van der Waals surface area (Å²) in [6.45, 7) is 9.12. The van der Waals surface area contributed by atoms with Gasteiger partial charge in [0.15, 0.2) is 0 Å². The van der Waals surface area contributed by atoms with E-state index in [0.29, 0.717) is 11.5 Å². The van der Waals surface area contributed by atoms with E-state index < -0.39 is 0 Å². The summed E-state index contributed by atoms with van der Waals surface area (Å²) < 4.78 is 0. The molecule has 2 unspecified atom stereocenters. The summed E-state index contributed by atoms with van der Waals surface area (Å²) in [5, 5.41) is 0. The van der Waals surface area contributed by atoms with E-state index in [-0.39, 0.29) is 11.8 Å². The van der Waals surface area contributed by atoms with E-state index in [1.807, 2.05) is 0 Å². The lowest BCUT2D eigenvalue weighted by Gasteiger charge is -2.41. The Bertz CT molecular complexity index is 317. The van der Waals surface area contributed by atoms with Crippen LogP contribution >= 0.6 is 0 Å². The van der Waals surface area contributed by atoms with E-state index >= 15 is 0 Å². The number of likely N-dealkylation sites (tertiary alicyclic amines) is 1. The Morgan fingerprint density at radius 1 is 1.21 bits per heavy atom. The zero-order valence-corrected chi connectivity index (χ0v) is 12.8. The summed E-state index contributed by atoms with van der Waals surface area (Å²) in [4.78, 5) is 13.9. The van der Waals surface area contributed by atoms with E-state index in [9.17, 15) is 4.79 Å². The molecular formula is C16H30N2O. The van der Waals surface area contributed by atoms with Crippen LogP contribution < -0.4 is 5.73 Å². The summed E-state index contributed by atoms with van der Waals surface area (Å²) >= 11 is 0. The highest BCUT2D eigenvalue weighted by atomic mass is 16.1. The summed E-state index contributed by atoms with van der Waals surface area (Å²) in [7, 11) is 0. The summed E-state index contributed by atoms with van der Waals surface area (Å²) in [6.07, 6.45) is 7.48. The number of primary amides is 1. The molecule has 0 spiro atoms. The van der Waals surface area contributed by atoms with Crippen LogP contribution in [0.4, 0.5) is 0 Å². The van der Waals surface area contributed by atoms with Crippen LogP contribution in [0.25, 0.3) is 0 Å². The second kappa shape index (κ2) is 5.82. The molecule has 1 saturated carbocycles. The molecule has 0 aromatic rings. The molecule has 1 aliphatic carbocycles. The van der Waals surface area contributed by atoms with Crippen LogP contribution in [0.2, 0.25) is 0 Å². The molecule has 2 aliphatic rings. The zero-order chi connectivity index (χ0) is 14.0. The number of carbonyl (C=O) groups is 1. The minimum atomic E-state index is -0.110. The molecule has 0 radical (unpaired) electrons. The predicted octanol–water partition coefficient (Wildman–Crippen LogP) is 2.79. The van der Waals surface area contributed by atoms with Gasteiger partial charge in [-0.25, -0.2) is 0 Å². The van der Waals surface area contributed by atoms with Crippen molar-refractivity contribution in [2.75, 3.05) is 13.1 Å². The largest absolute Gasteiger partial charge is 0.369 e. The molecule has 1 saturated heterocycles. The van der Waals surface area contributed by atoms with Gasteiger partial charge in [0.25, 0.3) is 0 Å². The van der Waals surface area contributed by atoms with E-state index in [2.05, 4.69) is 25.7 Å². The zero-order valence-electron chi connectivity index (χ0n) is 12.8. The first-order valence-electron chi connectivity index (χ1n) is 7.91. The lowest BCUT2D eigenvalue weighted by Crippen LogP contribution is -2.47. The first-order valence-corrected chi connectivity index (χ1v) is 7.91. The van der Waals surface area contributed by atoms with Crippen LogP contribution in [0.15, 0.2) is 0 Å². The summed E-state index contributed by atoms with van der Waals surface area (Å²) in [6, 6.07) is 0.616. The summed E-state index contributed by atoms with van der Waals surface area (Å²) in [5.74, 6) is 0.792. The number of hydrogen-bond acceptors (Lipinski definition) is 2. The Morgan fingerprint density at radius 3 is 2.42 bits per heavy atom. The molecule has 2 N–H and O–H groups in total. The maximum absolute atomic E-state index is 11.4. The lowest BCUT2D eigenvalue weighted by atomic mass is 9.73. The van der Waals surface area contributed by atoms with Crippen LogP contribution in [0.3, 0.4) is 0 Å². The first-order chi connectivity index (χ1) is 8.87. The Morgan fingerprint density at radius 2 is 1.84 bits per heavy atom. The van der Waals surface area contributed by atoms with Crippen molar-refractivity contribution >= 4 is 5.91 Å². The van der Waals surface area contributed by atoms with Crippen molar-refractivity contribution in [3.05, 3.63) is 0 Å². The number of hydrogen-bond donors (Lipinski definition) is 1. The van der Waals surface area contributed by atoms with Gasteiger partial charge >= 0.3 is 0 Å². The Hall–Kier alpha value is -0.570. The second-order valence-electron chi connectivity index (χ2n) is 7.59. The number of nitrogens with zero attached hydrogens (tertiary/aromatic N) is 1. The highest BCUT2D eigenvalue weighted by Crippen LogP contribution is 2.38. The van der Waals surface area contributed by atoms with E-state index in [4.69, 9.17) is 5.73 Å². The molecule has 19 heavy (non-hydrogen) atoms. The SMILES string of the molecule is CC1CCC(C(N)=O)CN1CC1CCC(C)(C)CC1. The Kier molecular flexibility index (Phi) is 4.54. The monoisotopic (exact) mass is 266 g/mol. The van der Waals surface area contributed by atoms with Crippen LogP contribution in [-0.4, -0.2) is 29.9 Å². The molecule has 0 aromatic heterocycles. The average molecular weight is 266 g/mol. The van der Waals surface area contributed by atoms with Gasteiger partial charge in [-0.05, 0) is 56.8 Å². The average Bonchev–Trinajstić information content (AvgIpc) is 2.34. The van der Waals surface area contributed by atoms with E-state index in [1.54, 1.807) is 0 Å². The maximum atomic E-state index is 11.4. The van der Waals surface area contributed by atoms with Gasteiger partial charge in [0, 0.05) is 19.1 Å². The molecule has 110 valence electrons. The molecule has 1 amide bonds. The molecule has 1 aliphatic heterocycles. The topological polar surface area (TPSA) is 46.3 Å². The number of rotatable bonds is 3. The fourth-order valence-corrected chi connectivity index (χ4v) is 3.64. The van der Waals surface area contributed by atoms with Crippen molar-refractivity contribution in [3.8, 4) is 0 Å². The maximum Gasteiger partial charge on any atom is 0.221 e. The second-order valence-corrected chi connectivity index (χ2v) is 7.59. The molecule has 0 bridgehead atoms. The van der Waals surface area contributed by atoms with E-state index in [1.165, 1.54) is 32.2 Å². The van der Waals surface area contributed by atoms with Gasteiger partial charge in [0.2, 0.25) is 5.91 Å². The quantitative estimate of drug-likeness (QED) is 0.854. The molecule has 0 aromatic carbocycles. The van der Waals surface area contributed by atoms with Gasteiger partial charge in [-0.2, -0.15) is 0 Å². The summed E-state index contributed by atoms with van der Waals surface area (Å²) in [5.41, 5.74) is 6.02. The van der Waals surface area contributed by atoms with Crippen molar-refractivity contribution in [1.29, 1.82) is 0 Å². The third-order valence-corrected chi connectivity index (χ3v) is 5.36.